The number of halogens is 1. The van der Waals surface area contributed by atoms with Crippen molar-refractivity contribution < 1.29 is 0 Å². The van der Waals surface area contributed by atoms with Crippen LogP contribution in [0.3, 0.4) is 0 Å². The molecule has 3 heteroatoms. The summed E-state index contributed by atoms with van der Waals surface area (Å²) in [4.78, 5) is 0. The summed E-state index contributed by atoms with van der Waals surface area (Å²) in [6.45, 7) is 10.1. The van der Waals surface area contributed by atoms with E-state index in [4.69, 9.17) is 0 Å². The summed E-state index contributed by atoms with van der Waals surface area (Å²) >= 11 is 5.39. The first-order valence-electron chi connectivity index (χ1n) is 5.52. The molecular weight excluding hydrogens is 270 g/mol. The van der Waals surface area contributed by atoms with E-state index in [2.05, 4.69) is 59.7 Å². The van der Waals surface area contributed by atoms with Crippen LogP contribution in [0.1, 0.15) is 39.3 Å². The van der Waals surface area contributed by atoms with E-state index in [9.17, 15) is 0 Å². The summed E-state index contributed by atoms with van der Waals surface area (Å²) in [6.07, 6.45) is 0. The van der Waals surface area contributed by atoms with Crippen molar-refractivity contribution in [2.75, 3.05) is 6.54 Å². The van der Waals surface area contributed by atoms with Crippen LogP contribution in [-0.4, -0.2) is 6.54 Å². The lowest BCUT2D eigenvalue weighted by Gasteiger charge is -2.27. The zero-order valence-corrected chi connectivity index (χ0v) is 12.3. The van der Waals surface area contributed by atoms with E-state index >= 15 is 0 Å². The second-order valence-corrected chi connectivity index (χ2v) is 5.91. The van der Waals surface area contributed by atoms with Crippen LogP contribution in [0, 0.1) is 11.8 Å². The van der Waals surface area contributed by atoms with Gasteiger partial charge in [-0.15, -0.1) is 0 Å². The molecule has 0 fully saturated rings. The predicted molar refractivity (Wildman–Crippen MR) is 72.4 cm³/mol. The number of hydrogen-bond donors (Lipinski definition) is 1. The minimum absolute atomic E-state index is 0.468. The molecule has 15 heavy (non-hydrogen) atoms. The number of thiophene rings is 1. The van der Waals surface area contributed by atoms with Crippen molar-refractivity contribution >= 4 is 27.3 Å². The minimum Gasteiger partial charge on any atom is -0.310 e. The Hall–Kier alpha value is 0.140. The van der Waals surface area contributed by atoms with E-state index in [-0.39, 0.29) is 0 Å². The normalized spacial score (nSPS) is 15.6. The van der Waals surface area contributed by atoms with Gasteiger partial charge in [-0.1, -0.05) is 27.7 Å². The van der Waals surface area contributed by atoms with Gasteiger partial charge in [0.15, 0.2) is 0 Å². The maximum Gasteiger partial charge on any atom is 0.0367 e. The standard InChI is InChI=1S/C12H20BrNS/c1-5-14-12(9(4)8(2)3)10-6-15-7-11(10)13/h6-9,12,14H,5H2,1-4H3. The van der Waals surface area contributed by atoms with Gasteiger partial charge in [0.2, 0.25) is 0 Å². The lowest BCUT2D eigenvalue weighted by Crippen LogP contribution is -2.29. The van der Waals surface area contributed by atoms with Gasteiger partial charge in [-0.05, 0) is 45.3 Å². The first-order chi connectivity index (χ1) is 7.07. The van der Waals surface area contributed by atoms with E-state index < -0.39 is 0 Å². The molecule has 0 aliphatic heterocycles. The second-order valence-electron chi connectivity index (χ2n) is 4.31. The molecule has 0 spiro atoms. The van der Waals surface area contributed by atoms with Crippen LogP contribution in [0.4, 0.5) is 0 Å². The monoisotopic (exact) mass is 289 g/mol. The van der Waals surface area contributed by atoms with Gasteiger partial charge in [0.25, 0.3) is 0 Å². The highest BCUT2D eigenvalue weighted by atomic mass is 79.9. The lowest BCUT2D eigenvalue weighted by atomic mass is 9.87. The fraction of sp³-hybridized carbons (Fsp3) is 0.667. The molecule has 86 valence electrons. The van der Waals surface area contributed by atoms with Gasteiger partial charge >= 0.3 is 0 Å². The van der Waals surface area contributed by atoms with Gasteiger partial charge in [0.1, 0.15) is 0 Å². The summed E-state index contributed by atoms with van der Waals surface area (Å²) in [6, 6.07) is 0.468. The quantitative estimate of drug-likeness (QED) is 0.844. The summed E-state index contributed by atoms with van der Waals surface area (Å²) in [7, 11) is 0. The van der Waals surface area contributed by atoms with Crippen LogP contribution >= 0.6 is 27.3 Å². The SMILES string of the molecule is CCNC(c1cscc1Br)C(C)C(C)C. The van der Waals surface area contributed by atoms with Crippen LogP contribution in [-0.2, 0) is 0 Å². The Morgan fingerprint density at radius 1 is 1.33 bits per heavy atom. The van der Waals surface area contributed by atoms with Gasteiger partial charge in [-0.3, -0.25) is 0 Å². The second kappa shape index (κ2) is 6.02. The van der Waals surface area contributed by atoms with Crippen LogP contribution in [0.5, 0.6) is 0 Å². The van der Waals surface area contributed by atoms with Crippen molar-refractivity contribution in [3.05, 3.63) is 20.8 Å². The molecular formula is C12H20BrNS. The largest absolute Gasteiger partial charge is 0.310 e. The smallest absolute Gasteiger partial charge is 0.0367 e. The molecule has 1 rings (SSSR count). The zero-order chi connectivity index (χ0) is 11.4. The minimum atomic E-state index is 0.468. The Balaban J connectivity index is 2.87. The Labute approximate surface area is 105 Å². The molecule has 0 aromatic carbocycles. The average Bonchev–Trinajstić information content (AvgIpc) is 2.59. The van der Waals surface area contributed by atoms with Crippen molar-refractivity contribution in [1.82, 2.24) is 5.32 Å². The highest BCUT2D eigenvalue weighted by molar-refractivity contribution is 9.10. The fourth-order valence-electron chi connectivity index (χ4n) is 1.70. The van der Waals surface area contributed by atoms with E-state index in [0.717, 1.165) is 6.54 Å². The topological polar surface area (TPSA) is 12.0 Å². The molecule has 1 heterocycles. The fourth-order valence-corrected chi connectivity index (χ4v) is 3.28. The molecule has 0 aliphatic carbocycles. The molecule has 0 saturated heterocycles. The van der Waals surface area contributed by atoms with Crippen LogP contribution in [0.25, 0.3) is 0 Å². The molecule has 2 atom stereocenters. The van der Waals surface area contributed by atoms with E-state index in [1.165, 1.54) is 10.0 Å². The number of rotatable bonds is 5. The Morgan fingerprint density at radius 2 is 2.00 bits per heavy atom. The third kappa shape index (κ3) is 3.30. The highest BCUT2D eigenvalue weighted by Crippen LogP contribution is 2.34. The lowest BCUT2D eigenvalue weighted by molar-refractivity contribution is 0.307. The van der Waals surface area contributed by atoms with E-state index in [1.807, 2.05) is 0 Å². The van der Waals surface area contributed by atoms with Gasteiger partial charge in [0.05, 0.1) is 0 Å². The summed E-state index contributed by atoms with van der Waals surface area (Å²) in [5.74, 6) is 1.34. The molecule has 0 amide bonds. The van der Waals surface area contributed by atoms with E-state index in [0.29, 0.717) is 17.9 Å². The highest BCUT2D eigenvalue weighted by Gasteiger charge is 2.23. The molecule has 1 aromatic heterocycles. The summed E-state index contributed by atoms with van der Waals surface area (Å²) < 4.78 is 1.24. The first-order valence-corrected chi connectivity index (χ1v) is 7.26. The molecule has 0 aliphatic rings. The maximum absolute atomic E-state index is 3.62. The molecule has 0 radical (unpaired) electrons. The molecule has 1 nitrogen and oxygen atoms in total. The van der Waals surface area contributed by atoms with Crippen molar-refractivity contribution in [3.8, 4) is 0 Å². The van der Waals surface area contributed by atoms with Gasteiger partial charge in [-0.25, -0.2) is 0 Å². The van der Waals surface area contributed by atoms with Crippen molar-refractivity contribution in [1.29, 1.82) is 0 Å². The Kier molecular flexibility index (Phi) is 5.30. The van der Waals surface area contributed by atoms with E-state index in [1.54, 1.807) is 11.3 Å². The Bertz CT molecular complexity index is 296. The molecule has 1 N–H and O–H groups in total. The molecule has 1 aromatic rings. The van der Waals surface area contributed by atoms with Gasteiger partial charge in [0, 0.05) is 15.9 Å². The first kappa shape index (κ1) is 13.2. The molecule has 2 unspecified atom stereocenters. The number of nitrogens with one attached hydrogen (secondary N) is 1. The molecule has 0 saturated carbocycles. The van der Waals surface area contributed by atoms with Crippen LogP contribution in [0.15, 0.2) is 15.2 Å². The average molecular weight is 290 g/mol. The zero-order valence-electron chi connectivity index (χ0n) is 9.88. The third-order valence-electron chi connectivity index (χ3n) is 2.98. The van der Waals surface area contributed by atoms with Gasteiger partial charge < -0.3 is 5.32 Å². The summed E-state index contributed by atoms with van der Waals surface area (Å²) in [5, 5.41) is 7.99. The third-order valence-corrected chi connectivity index (χ3v) is 4.73. The van der Waals surface area contributed by atoms with Crippen LogP contribution < -0.4 is 5.32 Å². The number of hydrogen-bond acceptors (Lipinski definition) is 2. The van der Waals surface area contributed by atoms with Gasteiger partial charge in [-0.2, -0.15) is 11.3 Å². The van der Waals surface area contributed by atoms with Crippen molar-refractivity contribution in [3.63, 3.8) is 0 Å². The van der Waals surface area contributed by atoms with Crippen molar-refractivity contribution in [2.24, 2.45) is 11.8 Å². The Morgan fingerprint density at radius 3 is 2.40 bits per heavy atom. The van der Waals surface area contributed by atoms with Crippen molar-refractivity contribution in [2.45, 2.75) is 33.7 Å². The summed E-state index contributed by atoms with van der Waals surface area (Å²) in [5.41, 5.74) is 1.41. The maximum atomic E-state index is 3.62. The molecule has 0 bridgehead atoms. The predicted octanol–water partition coefficient (Wildman–Crippen LogP) is 4.45. The van der Waals surface area contributed by atoms with Crippen LogP contribution in [0.2, 0.25) is 0 Å².